The van der Waals surface area contributed by atoms with E-state index in [2.05, 4.69) is 10.5 Å². The zero-order chi connectivity index (χ0) is 13.7. The van der Waals surface area contributed by atoms with E-state index < -0.39 is 0 Å². The molecule has 5 nitrogen and oxygen atoms in total. The number of phenolic OH excluding ortho intramolecular Hbond substituents is 1. The van der Waals surface area contributed by atoms with Gasteiger partial charge in [-0.3, -0.25) is 0 Å². The highest BCUT2D eigenvalue weighted by molar-refractivity contribution is 5.41. The Balaban J connectivity index is 1.90. The Morgan fingerprint density at radius 2 is 2.16 bits per heavy atom. The minimum atomic E-state index is 0.163. The average molecular weight is 262 g/mol. The standard InChI is InChI=1S/C14H18N2O3/c1-3-18-14-7-11(4-5-13(14)17)8-15-9-12-6-10(2)16-19-12/h4-7,15,17H,3,8-9H2,1-2H3. The summed E-state index contributed by atoms with van der Waals surface area (Å²) in [7, 11) is 0. The predicted octanol–water partition coefficient (Wildman–Crippen LogP) is 2.38. The molecule has 0 aliphatic carbocycles. The maximum Gasteiger partial charge on any atom is 0.161 e. The van der Waals surface area contributed by atoms with Crippen LogP contribution in [0.3, 0.4) is 0 Å². The number of aromatic hydroxyl groups is 1. The fraction of sp³-hybridized carbons (Fsp3) is 0.357. The number of nitrogens with one attached hydrogen (secondary N) is 1. The highest BCUT2D eigenvalue weighted by atomic mass is 16.5. The molecule has 0 amide bonds. The maximum atomic E-state index is 9.60. The molecule has 0 aliphatic heterocycles. The molecule has 0 bridgehead atoms. The topological polar surface area (TPSA) is 67.5 Å². The van der Waals surface area contributed by atoms with E-state index >= 15 is 0 Å². The number of benzene rings is 1. The quantitative estimate of drug-likeness (QED) is 0.836. The van der Waals surface area contributed by atoms with Crippen molar-refractivity contribution < 1.29 is 14.4 Å². The van der Waals surface area contributed by atoms with E-state index in [4.69, 9.17) is 9.26 Å². The Kier molecular flexibility index (Phi) is 4.41. The van der Waals surface area contributed by atoms with Crippen molar-refractivity contribution in [2.24, 2.45) is 0 Å². The summed E-state index contributed by atoms with van der Waals surface area (Å²) in [4.78, 5) is 0. The van der Waals surface area contributed by atoms with Crippen molar-refractivity contribution in [1.29, 1.82) is 0 Å². The Hall–Kier alpha value is -2.01. The lowest BCUT2D eigenvalue weighted by molar-refractivity contribution is 0.317. The predicted molar refractivity (Wildman–Crippen MR) is 71.1 cm³/mol. The number of nitrogens with zero attached hydrogens (tertiary/aromatic N) is 1. The first-order chi connectivity index (χ1) is 9.19. The van der Waals surface area contributed by atoms with Gasteiger partial charge < -0.3 is 19.7 Å². The van der Waals surface area contributed by atoms with Gasteiger partial charge in [0.2, 0.25) is 0 Å². The van der Waals surface area contributed by atoms with Crippen molar-refractivity contribution in [2.75, 3.05) is 6.61 Å². The van der Waals surface area contributed by atoms with Crippen molar-refractivity contribution in [3.05, 3.63) is 41.3 Å². The number of aryl methyl sites for hydroxylation is 1. The van der Waals surface area contributed by atoms with Gasteiger partial charge in [-0.2, -0.15) is 0 Å². The minimum absolute atomic E-state index is 0.163. The second-order valence-electron chi connectivity index (χ2n) is 4.27. The van der Waals surface area contributed by atoms with Crippen LogP contribution in [0.5, 0.6) is 11.5 Å². The monoisotopic (exact) mass is 262 g/mol. The molecule has 0 unspecified atom stereocenters. The average Bonchev–Trinajstić information content (AvgIpc) is 2.79. The first kappa shape index (κ1) is 13.4. The first-order valence-electron chi connectivity index (χ1n) is 6.26. The van der Waals surface area contributed by atoms with Crippen LogP contribution in [-0.2, 0) is 13.1 Å². The molecule has 2 aromatic rings. The SMILES string of the molecule is CCOc1cc(CNCc2cc(C)no2)ccc1O. The van der Waals surface area contributed by atoms with Gasteiger partial charge in [0.1, 0.15) is 0 Å². The van der Waals surface area contributed by atoms with Crippen molar-refractivity contribution in [3.63, 3.8) is 0 Å². The van der Waals surface area contributed by atoms with Crippen molar-refractivity contribution in [3.8, 4) is 11.5 Å². The Morgan fingerprint density at radius 3 is 2.84 bits per heavy atom. The Bertz CT molecular complexity index is 537. The van der Waals surface area contributed by atoms with Crippen LogP contribution < -0.4 is 10.1 Å². The van der Waals surface area contributed by atoms with E-state index in [-0.39, 0.29) is 5.75 Å². The number of ether oxygens (including phenoxy) is 1. The Morgan fingerprint density at radius 1 is 1.32 bits per heavy atom. The summed E-state index contributed by atoms with van der Waals surface area (Å²) in [5.41, 5.74) is 1.91. The van der Waals surface area contributed by atoms with E-state index in [1.165, 1.54) is 0 Å². The molecule has 2 N–H and O–H groups in total. The van der Waals surface area contributed by atoms with E-state index in [0.717, 1.165) is 17.0 Å². The lowest BCUT2D eigenvalue weighted by Crippen LogP contribution is -2.12. The van der Waals surface area contributed by atoms with E-state index in [1.54, 1.807) is 6.07 Å². The molecule has 0 spiro atoms. The smallest absolute Gasteiger partial charge is 0.161 e. The number of hydrogen-bond donors (Lipinski definition) is 2. The van der Waals surface area contributed by atoms with Gasteiger partial charge in [-0.25, -0.2) is 0 Å². The van der Waals surface area contributed by atoms with Gasteiger partial charge in [0.05, 0.1) is 18.8 Å². The molecular formula is C14H18N2O3. The van der Waals surface area contributed by atoms with Crippen LogP contribution in [0.15, 0.2) is 28.8 Å². The Labute approximate surface area is 112 Å². The first-order valence-corrected chi connectivity index (χ1v) is 6.26. The van der Waals surface area contributed by atoms with Crippen molar-refractivity contribution in [1.82, 2.24) is 10.5 Å². The molecule has 102 valence electrons. The molecule has 2 rings (SSSR count). The molecule has 0 radical (unpaired) electrons. The molecule has 1 aromatic heterocycles. The molecule has 5 heteroatoms. The zero-order valence-electron chi connectivity index (χ0n) is 11.1. The summed E-state index contributed by atoms with van der Waals surface area (Å²) < 4.78 is 10.4. The second-order valence-corrected chi connectivity index (χ2v) is 4.27. The number of rotatable bonds is 6. The van der Waals surface area contributed by atoms with Crippen LogP contribution in [0, 0.1) is 6.92 Å². The van der Waals surface area contributed by atoms with Gasteiger partial charge in [-0.15, -0.1) is 0 Å². The summed E-state index contributed by atoms with van der Waals surface area (Å²) in [6, 6.07) is 7.23. The summed E-state index contributed by atoms with van der Waals surface area (Å²) in [5, 5.41) is 16.7. The van der Waals surface area contributed by atoms with Gasteiger partial charge in [0.25, 0.3) is 0 Å². The van der Waals surface area contributed by atoms with Crippen LogP contribution >= 0.6 is 0 Å². The lowest BCUT2D eigenvalue weighted by atomic mass is 10.2. The van der Waals surface area contributed by atoms with E-state index in [9.17, 15) is 5.11 Å². The van der Waals surface area contributed by atoms with Crippen LogP contribution in [0.2, 0.25) is 0 Å². The fourth-order valence-corrected chi connectivity index (χ4v) is 1.77. The summed E-state index contributed by atoms with van der Waals surface area (Å²) in [6.45, 7) is 5.59. The van der Waals surface area contributed by atoms with E-state index in [0.29, 0.717) is 25.4 Å². The van der Waals surface area contributed by atoms with Crippen LogP contribution in [0.4, 0.5) is 0 Å². The van der Waals surface area contributed by atoms with Crippen LogP contribution in [0.1, 0.15) is 23.9 Å². The molecule has 19 heavy (non-hydrogen) atoms. The normalized spacial score (nSPS) is 10.6. The van der Waals surface area contributed by atoms with Crippen LogP contribution in [-0.4, -0.2) is 16.9 Å². The third-order valence-electron chi connectivity index (χ3n) is 2.63. The second kappa shape index (κ2) is 6.24. The lowest BCUT2D eigenvalue weighted by Gasteiger charge is -2.08. The summed E-state index contributed by atoms with van der Waals surface area (Å²) >= 11 is 0. The van der Waals surface area contributed by atoms with E-state index in [1.807, 2.05) is 32.0 Å². The molecule has 0 fully saturated rings. The highest BCUT2D eigenvalue weighted by Crippen LogP contribution is 2.26. The van der Waals surface area contributed by atoms with Gasteiger partial charge >= 0.3 is 0 Å². The molecule has 0 atom stereocenters. The molecule has 0 aliphatic rings. The number of aromatic nitrogens is 1. The summed E-state index contributed by atoms with van der Waals surface area (Å²) in [5.74, 6) is 1.48. The molecule has 0 saturated carbocycles. The molecule has 0 saturated heterocycles. The summed E-state index contributed by atoms with van der Waals surface area (Å²) in [6.07, 6.45) is 0. The molecule has 1 aromatic carbocycles. The van der Waals surface area contributed by atoms with Crippen molar-refractivity contribution >= 4 is 0 Å². The van der Waals surface area contributed by atoms with Gasteiger partial charge in [-0.1, -0.05) is 11.2 Å². The van der Waals surface area contributed by atoms with Gasteiger partial charge in [-0.05, 0) is 31.5 Å². The number of phenols is 1. The fourth-order valence-electron chi connectivity index (χ4n) is 1.77. The van der Waals surface area contributed by atoms with Gasteiger partial charge in [0, 0.05) is 12.6 Å². The minimum Gasteiger partial charge on any atom is -0.504 e. The highest BCUT2D eigenvalue weighted by Gasteiger charge is 2.04. The molecular weight excluding hydrogens is 244 g/mol. The largest absolute Gasteiger partial charge is 0.504 e. The molecule has 1 heterocycles. The van der Waals surface area contributed by atoms with Crippen LogP contribution in [0.25, 0.3) is 0 Å². The third-order valence-corrected chi connectivity index (χ3v) is 2.63. The number of hydrogen-bond acceptors (Lipinski definition) is 5. The van der Waals surface area contributed by atoms with Crippen molar-refractivity contribution in [2.45, 2.75) is 26.9 Å². The van der Waals surface area contributed by atoms with Gasteiger partial charge in [0.15, 0.2) is 17.3 Å². The zero-order valence-corrected chi connectivity index (χ0v) is 11.1. The third kappa shape index (κ3) is 3.72. The maximum absolute atomic E-state index is 9.60.